The zero-order valence-electron chi connectivity index (χ0n) is 18.3. The van der Waals surface area contributed by atoms with Gasteiger partial charge in [-0.25, -0.2) is 0 Å². The van der Waals surface area contributed by atoms with Gasteiger partial charge in [0.15, 0.2) is 0 Å². The average Bonchev–Trinajstić information content (AvgIpc) is 3.03. The predicted molar refractivity (Wildman–Crippen MR) is 126 cm³/mol. The normalized spacial score (nSPS) is 14.2. The van der Waals surface area contributed by atoms with Crippen molar-refractivity contribution < 1.29 is 18.8 Å². The Morgan fingerprint density at radius 2 is 1.58 bits per heavy atom. The number of methoxy groups -OCH3 is 1. The molecule has 2 aromatic carbocycles. The van der Waals surface area contributed by atoms with Gasteiger partial charge in [-0.3, -0.25) is 9.59 Å². The van der Waals surface area contributed by atoms with Crippen molar-refractivity contribution in [3.8, 4) is 17.0 Å². The summed E-state index contributed by atoms with van der Waals surface area (Å²) in [4.78, 5) is 30.1. The summed E-state index contributed by atoms with van der Waals surface area (Å²) in [7, 11) is 1.54. The van der Waals surface area contributed by atoms with Gasteiger partial charge in [0.1, 0.15) is 22.8 Å². The first kappa shape index (κ1) is 23.1. The average molecular weight is 488 g/mol. The molecule has 0 N–H and O–H groups in total. The molecule has 0 unspecified atom stereocenters. The summed E-state index contributed by atoms with van der Waals surface area (Å²) in [5.41, 5.74) is 1.61. The van der Waals surface area contributed by atoms with Crippen molar-refractivity contribution in [2.45, 2.75) is 13.3 Å². The molecule has 2 heterocycles. The fourth-order valence-corrected chi connectivity index (χ4v) is 4.57. The molecule has 172 valence electrons. The highest BCUT2D eigenvalue weighted by Crippen LogP contribution is 2.37. The number of carbonyl (C=O) groups is 2. The first-order valence-corrected chi connectivity index (χ1v) is 11.3. The van der Waals surface area contributed by atoms with Crippen LogP contribution in [0.3, 0.4) is 0 Å². The predicted octanol–water partition coefficient (Wildman–Crippen LogP) is 4.95. The molecule has 1 saturated heterocycles. The third kappa shape index (κ3) is 4.56. The lowest BCUT2D eigenvalue weighted by Crippen LogP contribution is -2.37. The Bertz CT molecular complexity index is 1170. The SMILES string of the molecule is COc1ccccc1C(=O)N1CCCN(C(=O)c2c(-c3c(Cl)cccc3Cl)noc2C)CC1. The van der Waals surface area contributed by atoms with Crippen molar-refractivity contribution in [3.63, 3.8) is 0 Å². The minimum atomic E-state index is -0.230. The number of rotatable bonds is 4. The highest BCUT2D eigenvalue weighted by Gasteiger charge is 2.30. The van der Waals surface area contributed by atoms with Gasteiger partial charge in [-0.1, -0.05) is 46.6 Å². The lowest BCUT2D eigenvalue weighted by atomic mass is 10.0. The maximum atomic E-state index is 13.5. The smallest absolute Gasteiger partial charge is 0.259 e. The van der Waals surface area contributed by atoms with Crippen LogP contribution in [0.4, 0.5) is 0 Å². The molecule has 1 aliphatic rings. The Balaban J connectivity index is 1.56. The van der Waals surface area contributed by atoms with Gasteiger partial charge in [-0.05, 0) is 37.6 Å². The number of benzene rings is 2. The molecule has 33 heavy (non-hydrogen) atoms. The number of hydrogen-bond acceptors (Lipinski definition) is 5. The van der Waals surface area contributed by atoms with E-state index in [1.54, 1.807) is 60.2 Å². The van der Waals surface area contributed by atoms with Gasteiger partial charge in [0, 0.05) is 31.7 Å². The molecule has 4 rings (SSSR count). The molecule has 0 atom stereocenters. The van der Waals surface area contributed by atoms with Crippen LogP contribution in [0.2, 0.25) is 10.0 Å². The molecule has 0 spiro atoms. The van der Waals surface area contributed by atoms with Crippen LogP contribution in [0.1, 0.15) is 32.9 Å². The van der Waals surface area contributed by atoms with Gasteiger partial charge in [0.25, 0.3) is 11.8 Å². The second kappa shape index (κ2) is 9.85. The number of carbonyl (C=O) groups excluding carboxylic acids is 2. The van der Waals surface area contributed by atoms with Crippen molar-refractivity contribution in [2.75, 3.05) is 33.3 Å². The third-order valence-electron chi connectivity index (χ3n) is 5.68. The Kier molecular flexibility index (Phi) is 6.91. The molecule has 2 amide bonds. The third-order valence-corrected chi connectivity index (χ3v) is 6.31. The van der Waals surface area contributed by atoms with Crippen molar-refractivity contribution in [3.05, 3.63) is 69.4 Å². The molecule has 0 bridgehead atoms. The molecule has 0 saturated carbocycles. The molecule has 1 aromatic heterocycles. The molecule has 7 nitrogen and oxygen atoms in total. The molecule has 1 fully saturated rings. The largest absolute Gasteiger partial charge is 0.496 e. The van der Waals surface area contributed by atoms with Gasteiger partial charge in [-0.15, -0.1) is 0 Å². The zero-order valence-corrected chi connectivity index (χ0v) is 19.8. The van der Waals surface area contributed by atoms with E-state index in [1.807, 2.05) is 6.07 Å². The van der Waals surface area contributed by atoms with E-state index >= 15 is 0 Å². The van der Waals surface area contributed by atoms with Crippen LogP contribution in [0, 0.1) is 6.92 Å². The monoisotopic (exact) mass is 487 g/mol. The summed E-state index contributed by atoms with van der Waals surface area (Å²) < 4.78 is 10.7. The van der Waals surface area contributed by atoms with E-state index in [4.69, 9.17) is 32.5 Å². The molecule has 0 aliphatic carbocycles. The van der Waals surface area contributed by atoms with Gasteiger partial charge in [0.2, 0.25) is 0 Å². The summed E-state index contributed by atoms with van der Waals surface area (Å²) in [5.74, 6) is 0.566. The Morgan fingerprint density at radius 1 is 0.939 bits per heavy atom. The van der Waals surface area contributed by atoms with Crippen molar-refractivity contribution in [2.24, 2.45) is 0 Å². The van der Waals surface area contributed by atoms with Crippen LogP contribution in [-0.4, -0.2) is 60.1 Å². The Labute approximate surface area is 201 Å². The molecule has 3 aromatic rings. The van der Waals surface area contributed by atoms with Gasteiger partial charge >= 0.3 is 0 Å². The number of amides is 2. The first-order valence-electron chi connectivity index (χ1n) is 10.5. The van der Waals surface area contributed by atoms with Gasteiger partial charge < -0.3 is 19.1 Å². The molecule has 9 heteroatoms. The van der Waals surface area contributed by atoms with Gasteiger partial charge in [-0.2, -0.15) is 0 Å². The minimum absolute atomic E-state index is 0.119. The lowest BCUT2D eigenvalue weighted by molar-refractivity contribution is 0.0716. The van der Waals surface area contributed by atoms with Gasteiger partial charge in [0.05, 0.1) is 22.7 Å². The minimum Gasteiger partial charge on any atom is -0.496 e. The van der Waals surface area contributed by atoms with Crippen LogP contribution < -0.4 is 4.74 Å². The van der Waals surface area contributed by atoms with Crippen molar-refractivity contribution in [1.29, 1.82) is 0 Å². The Hall–Kier alpha value is -3.03. The quantitative estimate of drug-likeness (QED) is 0.519. The number of para-hydroxylation sites is 1. The summed E-state index contributed by atoms with van der Waals surface area (Å²) >= 11 is 12.7. The summed E-state index contributed by atoms with van der Waals surface area (Å²) in [6.07, 6.45) is 0.638. The van der Waals surface area contributed by atoms with Crippen LogP contribution >= 0.6 is 23.2 Å². The second-order valence-corrected chi connectivity index (χ2v) is 8.51. The maximum absolute atomic E-state index is 13.5. The summed E-state index contributed by atoms with van der Waals surface area (Å²) in [5, 5.41) is 4.85. The van der Waals surface area contributed by atoms with Crippen molar-refractivity contribution >= 4 is 35.0 Å². The number of aromatic nitrogens is 1. The Morgan fingerprint density at radius 3 is 2.24 bits per heavy atom. The fraction of sp³-hybridized carbons (Fsp3) is 0.292. The van der Waals surface area contributed by atoms with Crippen LogP contribution in [0.5, 0.6) is 5.75 Å². The lowest BCUT2D eigenvalue weighted by Gasteiger charge is -2.23. The van der Waals surface area contributed by atoms with E-state index in [9.17, 15) is 9.59 Å². The van der Waals surface area contributed by atoms with E-state index in [2.05, 4.69) is 5.16 Å². The summed E-state index contributed by atoms with van der Waals surface area (Å²) in [6.45, 7) is 3.49. The van der Waals surface area contributed by atoms with E-state index in [0.717, 1.165) is 0 Å². The van der Waals surface area contributed by atoms with Crippen LogP contribution in [0.15, 0.2) is 47.0 Å². The highest BCUT2D eigenvalue weighted by atomic mass is 35.5. The van der Waals surface area contributed by atoms with Crippen molar-refractivity contribution in [1.82, 2.24) is 15.0 Å². The van der Waals surface area contributed by atoms with E-state index < -0.39 is 0 Å². The standard InChI is InChI=1S/C24H23Cl2N3O4/c1-15-20(22(27-33-15)21-17(25)8-5-9-18(21)26)24(31)29-12-6-11-28(13-14-29)23(30)16-7-3-4-10-19(16)32-2/h3-5,7-10H,6,11-14H2,1-2H3. The molecular formula is C24H23Cl2N3O4. The number of ether oxygens (including phenoxy) is 1. The highest BCUT2D eigenvalue weighted by molar-refractivity contribution is 6.39. The van der Waals surface area contributed by atoms with Crippen LogP contribution in [-0.2, 0) is 0 Å². The first-order chi connectivity index (χ1) is 15.9. The molecule has 1 aliphatic heterocycles. The molecular weight excluding hydrogens is 465 g/mol. The second-order valence-electron chi connectivity index (χ2n) is 7.70. The van der Waals surface area contributed by atoms with E-state index in [1.165, 1.54) is 0 Å². The molecule has 0 radical (unpaired) electrons. The number of halogens is 2. The maximum Gasteiger partial charge on any atom is 0.259 e. The van der Waals surface area contributed by atoms with Crippen LogP contribution in [0.25, 0.3) is 11.3 Å². The number of hydrogen-bond donors (Lipinski definition) is 0. The number of nitrogens with zero attached hydrogens (tertiary/aromatic N) is 3. The fourth-order valence-electron chi connectivity index (χ4n) is 3.99. The number of aryl methyl sites for hydroxylation is 1. The zero-order chi connectivity index (χ0) is 23.5. The summed E-state index contributed by atoms with van der Waals surface area (Å²) in [6, 6.07) is 12.2. The van der Waals surface area contributed by atoms with E-state index in [-0.39, 0.29) is 11.8 Å². The van der Waals surface area contributed by atoms with E-state index in [0.29, 0.717) is 76.5 Å². The topological polar surface area (TPSA) is 75.9 Å².